The molecule has 0 bridgehead atoms. The Morgan fingerprint density at radius 1 is 1.18 bits per heavy atom. The first-order chi connectivity index (χ1) is 13.1. The van der Waals surface area contributed by atoms with Crippen molar-refractivity contribution in [1.29, 1.82) is 0 Å². The summed E-state index contributed by atoms with van der Waals surface area (Å²) < 4.78 is 12.9. The molecular weight excluding hydrogens is 366 g/mol. The van der Waals surface area contributed by atoms with Crippen molar-refractivity contribution in [1.82, 2.24) is 4.90 Å². The van der Waals surface area contributed by atoms with Crippen molar-refractivity contribution < 1.29 is 14.0 Å². The molecule has 0 unspecified atom stereocenters. The molecule has 5 heteroatoms. The number of nitrogens with zero attached hydrogens (tertiary/aromatic N) is 1. The monoisotopic (exact) mass is 401 g/mol. The van der Waals surface area contributed by atoms with Gasteiger partial charge < -0.3 is 14.1 Å². The highest BCUT2D eigenvalue weighted by atomic mass is 28.4. The maximum atomic E-state index is 12.4. The van der Waals surface area contributed by atoms with E-state index in [2.05, 4.69) is 46.5 Å². The van der Waals surface area contributed by atoms with E-state index in [1.165, 1.54) is 0 Å². The summed E-state index contributed by atoms with van der Waals surface area (Å²) in [5.74, 6) is 0.00532. The van der Waals surface area contributed by atoms with Crippen molar-refractivity contribution in [3.8, 4) is 0 Å². The highest BCUT2D eigenvalue weighted by Crippen LogP contribution is 2.39. The third kappa shape index (κ3) is 5.43. The summed E-state index contributed by atoms with van der Waals surface area (Å²) in [5, 5.41) is 0.0911. The lowest BCUT2D eigenvalue weighted by Gasteiger charge is -2.42. The predicted octanol–water partition coefficient (Wildman–Crippen LogP) is 4.94. The molecule has 0 saturated heterocycles. The summed E-state index contributed by atoms with van der Waals surface area (Å²) in [6.45, 7) is 17.5. The van der Waals surface area contributed by atoms with E-state index in [-0.39, 0.29) is 29.2 Å². The zero-order valence-electron chi connectivity index (χ0n) is 18.1. The highest BCUT2D eigenvalue weighted by molar-refractivity contribution is 6.74. The smallest absolute Gasteiger partial charge is 0.220 e. The molecule has 4 nitrogen and oxygen atoms in total. The van der Waals surface area contributed by atoms with Crippen LogP contribution in [0.5, 0.6) is 0 Å². The van der Waals surface area contributed by atoms with E-state index < -0.39 is 8.32 Å². The summed E-state index contributed by atoms with van der Waals surface area (Å²) in [6, 6.07) is 9.90. The maximum Gasteiger partial charge on any atom is 0.220 e. The minimum atomic E-state index is -2.00. The van der Waals surface area contributed by atoms with Gasteiger partial charge in [-0.15, -0.1) is 6.58 Å². The lowest BCUT2D eigenvalue weighted by Crippen LogP contribution is -2.54. The lowest BCUT2D eigenvalue weighted by atomic mass is 10.1. The van der Waals surface area contributed by atoms with E-state index >= 15 is 0 Å². The Labute approximate surface area is 171 Å². The molecule has 0 aromatic heterocycles. The molecule has 0 fully saturated rings. The van der Waals surface area contributed by atoms with Gasteiger partial charge in [0.15, 0.2) is 8.32 Å². The molecule has 1 aliphatic carbocycles. The van der Waals surface area contributed by atoms with Gasteiger partial charge in [-0.1, -0.05) is 69.3 Å². The molecule has 0 heterocycles. The summed E-state index contributed by atoms with van der Waals surface area (Å²) in [7, 11) is -2.00. The molecule has 0 saturated carbocycles. The summed E-state index contributed by atoms with van der Waals surface area (Å²) >= 11 is 0. The number of amides is 1. The van der Waals surface area contributed by atoms with Crippen LogP contribution in [0, 0.1) is 0 Å². The predicted molar refractivity (Wildman–Crippen MR) is 118 cm³/mol. The van der Waals surface area contributed by atoms with Crippen LogP contribution in [-0.4, -0.2) is 43.9 Å². The van der Waals surface area contributed by atoms with Crippen LogP contribution in [0.2, 0.25) is 18.1 Å². The van der Waals surface area contributed by atoms with Crippen LogP contribution in [0.1, 0.15) is 33.3 Å². The fourth-order valence-electron chi connectivity index (χ4n) is 3.13. The van der Waals surface area contributed by atoms with E-state index in [1.807, 2.05) is 41.3 Å². The van der Waals surface area contributed by atoms with Crippen LogP contribution in [0.4, 0.5) is 0 Å². The fourth-order valence-corrected chi connectivity index (χ4v) is 4.39. The lowest BCUT2D eigenvalue weighted by molar-refractivity contribution is -0.135. The quantitative estimate of drug-likeness (QED) is 0.458. The topological polar surface area (TPSA) is 38.8 Å². The van der Waals surface area contributed by atoms with E-state index in [1.54, 1.807) is 13.0 Å². The van der Waals surface area contributed by atoms with Crippen molar-refractivity contribution in [3.63, 3.8) is 0 Å². The van der Waals surface area contributed by atoms with Crippen molar-refractivity contribution >= 4 is 14.2 Å². The van der Waals surface area contributed by atoms with Gasteiger partial charge in [-0.2, -0.15) is 0 Å². The number of rotatable bonds is 8. The molecular formula is C23H35NO3Si. The molecule has 2 rings (SSSR count). The Balaban J connectivity index is 2.23. The number of benzene rings is 1. The summed E-state index contributed by atoms with van der Waals surface area (Å²) in [5.41, 5.74) is 1.11. The average molecular weight is 402 g/mol. The van der Waals surface area contributed by atoms with Crippen LogP contribution in [0.25, 0.3) is 0 Å². The van der Waals surface area contributed by atoms with E-state index in [9.17, 15) is 4.79 Å². The first kappa shape index (κ1) is 22.6. The van der Waals surface area contributed by atoms with Gasteiger partial charge in [-0.3, -0.25) is 4.79 Å². The Kier molecular flexibility index (Phi) is 7.43. The molecule has 0 N–H and O–H groups in total. The number of hydrogen-bond donors (Lipinski definition) is 0. The van der Waals surface area contributed by atoms with Crippen LogP contribution < -0.4 is 0 Å². The second kappa shape index (κ2) is 9.20. The van der Waals surface area contributed by atoms with Gasteiger partial charge in [-0.25, -0.2) is 0 Å². The fraction of sp³-hybridized carbons (Fsp3) is 0.522. The number of carbonyl (C=O) groups excluding carboxylic acids is 1. The van der Waals surface area contributed by atoms with Gasteiger partial charge in [0.1, 0.15) is 0 Å². The number of carbonyl (C=O) groups is 1. The molecule has 0 spiro atoms. The van der Waals surface area contributed by atoms with E-state index in [4.69, 9.17) is 9.16 Å². The number of hydrogen-bond acceptors (Lipinski definition) is 3. The molecule has 1 aliphatic rings. The molecule has 3 atom stereocenters. The number of ether oxygens (including phenoxy) is 1. The van der Waals surface area contributed by atoms with Crippen LogP contribution in [-0.2, 0) is 20.6 Å². The van der Waals surface area contributed by atoms with Gasteiger partial charge >= 0.3 is 0 Å². The third-order valence-corrected chi connectivity index (χ3v) is 10.2. The standard InChI is InChI=1S/C23H35NO3Si/c1-8-16-24(18(2)25)22-20(26-17-19-12-10-9-11-13-19)14-15-21(22)27-28(6,7)23(3,4)5/h8-15,20-22H,1,16-17H2,2-7H3/t20-,21-,22+/m0/s1. The molecule has 28 heavy (non-hydrogen) atoms. The maximum absolute atomic E-state index is 12.4. The van der Waals surface area contributed by atoms with Crippen molar-refractivity contribution in [2.24, 2.45) is 0 Å². The zero-order valence-corrected chi connectivity index (χ0v) is 19.1. The van der Waals surface area contributed by atoms with Crippen molar-refractivity contribution in [2.75, 3.05) is 6.54 Å². The minimum absolute atomic E-state index is 0.00532. The largest absolute Gasteiger partial charge is 0.408 e. The van der Waals surface area contributed by atoms with Crippen LogP contribution in [0.3, 0.4) is 0 Å². The van der Waals surface area contributed by atoms with E-state index in [0.29, 0.717) is 13.2 Å². The van der Waals surface area contributed by atoms with Crippen molar-refractivity contribution in [3.05, 3.63) is 60.7 Å². The van der Waals surface area contributed by atoms with Crippen molar-refractivity contribution in [2.45, 2.75) is 70.7 Å². The Bertz CT molecular complexity index is 694. The highest BCUT2D eigenvalue weighted by Gasteiger charge is 2.45. The first-order valence-corrected chi connectivity index (χ1v) is 12.9. The Morgan fingerprint density at radius 2 is 1.79 bits per heavy atom. The second-order valence-electron chi connectivity index (χ2n) is 8.94. The SMILES string of the molecule is C=CCN(C(C)=O)[C@@H]1[C@@H](OCc2ccccc2)C=C[C@@H]1O[Si](C)(C)C(C)(C)C. The zero-order chi connectivity index (χ0) is 20.9. The van der Waals surface area contributed by atoms with E-state index in [0.717, 1.165) is 5.56 Å². The molecule has 154 valence electrons. The summed E-state index contributed by atoms with van der Waals surface area (Å²) in [6.07, 6.45) is 5.49. The minimum Gasteiger partial charge on any atom is -0.408 e. The normalized spacial score (nSPS) is 22.3. The Morgan fingerprint density at radius 3 is 2.32 bits per heavy atom. The molecule has 0 radical (unpaired) electrons. The molecule has 1 amide bonds. The molecule has 1 aromatic rings. The van der Waals surface area contributed by atoms with Gasteiger partial charge in [0.05, 0.1) is 24.9 Å². The van der Waals surface area contributed by atoms with Gasteiger partial charge in [-0.05, 0) is 23.7 Å². The van der Waals surface area contributed by atoms with Crippen LogP contribution in [0.15, 0.2) is 55.1 Å². The first-order valence-electron chi connectivity index (χ1n) is 9.96. The average Bonchev–Trinajstić information content (AvgIpc) is 2.99. The molecule has 0 aliphatic heterocycles. The third-order valence-electron chi connectivity index (χ3n) is 5.78. The second-order valence-corrected chi connectivity index (χ2v) is 13.7. The van der Waals surface area contributed by atoms with Crippen LogP contribution >= 0.6 is 0 Å². The van der Waals surface area contributed by atoms with Gasteiger partial charge in [0.25, 0.3) is 0 Å². The molecule has 1 aromatic carbocycles. The van der Waals surface area contributed by atoms with Gasteiger partial charge in [0, 0.05) is 13.5 Å². The van der Waals surface area contributed by atoms with Gasteiger partial charge in [0.2, 0.25) is 5.91 Å². The summed E-state index contributed by atoms with van der Waals surface area (Å²) in [4.78, 5) is 14.2. The Hall–Kier alpha value is -1.69.